The molecule has 0 fully saturated rings. The van der Waals surface area contributed by atoms with Crippen molar-refractivity contribution in [2.45, 2.75) is 17.1 Å². The van der Waals surface area contributed by atoms with Crippen molar-refractivity contribution < 1.29 is 18.6 Å². The van der Waals surface area contributed by atoms with E-state index < -0.39 is 10.0 Å². The molecule has 1 aromatic carbocycles. The van der Waals surface area contributed by atoms with Crippen LogP contribution in [0.2, 0.25) is 0 Å². The zero-order valence-electron chi connectivity index (χ0n) is 16.9. The Morgan fingerprint density at radius 2 is 1.88 bits per heavy atom. The van der Waals surface area contributed by atoms with Gasteiger partial charge in [-0.2, -0.15) is 9.61 Å². The van der Waals surface area contributed by atoms with E-state index in [9.17, 15) is 18.6 Å². The highest BCUT2D eigenvalue weighted by Gasteiger charge is 2.16. The lowest BCUT2D eigenvalue weighted by Crippen LogP contribution is -2.24. The third-order valence-corrected chi connectivity index (χ3v) is 7.55. The predicted octanol–water partition coefficient (Wildman–Crippen LogP) is 1.83. The zero-order valence-corrected chi connectivity index (χ0v) is 18.5. The van der Waals surface area contributed by atoms with Gasteiger partial charge < -0.3 is 15.5 Å². The molecule has 0 saturated heterocycles. The van der Waals surface area contributed by atoms with E-state index in [4.69, 9.17) is 7.85 Å². The van der Waals surface area contributed by atoms with Crippen LogP contribution in [-0.2, 0) is 10.0 Å². The van der Waals surface area contributed by atoms with Gasteiger partial charge in [0.05, 0.1) is 5.69 Å². The summed E-state index contributed by atoms with van der Waals surface area (Å²) in [5.74, 6) is 0.763. The number of thiophene rings is 1. The number of aromatic hydroxyl groups is 2. The summed E-state index contributed by atoms with van der Waals surface area (Å²) in [5, 5.41) is 27.0. The van der Waals surface area contributed by atoms with Crippen molar-refractivity contribution >= 4 is 46.1 Å². The lowest BCUT2D eigenvalue weighted by Gasteiger charge is -2.12. The second-order valence-corrected chi connectivity index (χ2v) is 10.1. The minimum atomic E-state index is -3.62. The number of unbranched alkanes of at least 4 members (excludes halogenated alkanes) is 1. The summed E-state index contributed by atoms with van der Waals surface area (Å²) in [6, 6.07) is 11.4. The number of phenols is 1. The minimum absolute atomic E-state index is 0.0410. The molecule has 0 atom stereocenters. The average Bonchev–Trinajstić information content (AvgIpc) is 3.37. The van der Waals surface area contributed by atoms with Gasteiger partial charge in [-0.15, -0.1) is 0 Å². The van der Waals surface area contributed by atoms with E-state index in [1.807, 2.05) is 6.07 Å². The molecule has 0 aliphatic carbocycles. The smallest absolute Gasteiger partial charge is 0.250 e. The standard InChI is InChI=1S/C20H20BN5O4S2/c21-14-12-23-26-17(11-15(25-20(14)26)13-5-1-2-6-16(13)27)22-9-3-4-10-24-32(29,30)19-8-7-18(28)31-19/h1-2,5-8,11-12,22,24,27-28H,3-4,9-10H2. The van der Waals surface area contributed by atoms with Gasteiger partial charge in [0.2, 0.25) is 10.0 Å². The van der Waals surface area contributed by atoms with Gasteiger partial charge in [-0.25, -0.2) is 18.1 Å². The summed E-state index contributed by atoms with van der Waals surface area (Å²) >= 11 is 0.813. The number of nitrogens with zero attached hydrogens (tertiary/aromatic N) is 3. The number of anilines is 1. The molecule has 4 N–H and O–H groups in total. The first-order valence-corrected chi connectivity index (χ1v) is 12.1. The zero-order chi connectivity index (χ0) is 22.7. The number of nitrogens with one attached hydrogen (secondary N) is 2. The number of phenolic OH excluding ortho intramolecular Hbond substituents is 1. The van der Waals surface area contributed by atoms with Crippen LogP contribution in [0, 0.1) is 0 Å². The molecule has 3 aromatic heterocycles. The van der Waals surface area contributed by atoms with Gasteiger partial charge in [-0.3, -0.25) is 0 Å². The Bertz CT molecular complexity index is 1350. The van der Waals surface area contributed by atoms with Gasteiger partial charge in [0.1, 0.15) is 23.6 Å². The third-order valence-electron chi connectivity index (χ3n) is 4.71. The van der Waals surface area contributed by atoms with Crippen LogP contribution < -0.4 is 15.5 Å². The van der Waals surface area contributed by atoms with Crippen LogP contribution >= 0.6 is 11.3 Å². The number of rotatable bonds is 9. The number of para-hydroxylation sites is 1. The van der Waals surface area contributed by atoms with E-state index in [1.54, 1.807) is 28.8 Å². The second-order valence-electron chi connectivity index (χ2n) is 7.00. The molecule has 164 valence electrons. The van der Waals surface area contributed by atoms with Gasteiger partial charge >= 0.3 is 0 Å². The number of fused-ring (bicyclic) bond motifs is 1. The summed E-state index contributed by atoms with van der Waals surface area (Å²) in [6.45, 7) is 0.826. The largest absolute Gasteiger partial charge is 0.507 e. The fourth-order valence-electron chi connectivity index (χ4n) is 3.13. The van der Waals surface area contributed by atoms with Crippen LogP contribution in [0.1, 0.15) is 12.8 Å². The first-order valence-electron chi connectivity index (χ1n) is 9.80. The normalized spacial score (nSPS) is 11.8. The van der Waals surface area contributed by atoms with Gasteiger partial charge in [-0.1, -0.05) is 23.5 Å². The van der Waals surface area contributed by atoms with Crippen LogP contribution in [0.3, 0.4) is 0 Å². The molecule has 4 aromatic rings. The first-order chi connectivity index (χ1) is 15.3. The van der Waals surface area contributed by atoms with E-state index in [2.05, 4.69) is 20.1 Å². The van der Waals surface area contributed by atoms with Crippen molar-refractivity contribution in [3.8, 4) is 22.1 Å². The van der Waals surface area contributed by atoms with Crippen LogP contribution in [0.15, 0.2) is 52.9 Å². The van der Waals surface area contributed by atoms with Crippen molar-refractivity contribution in [2.75, 3.05) is 18.4 Å². The maximum absolute atomic E-state index is 12.2. The highest BCUT2D eigenvalue weighted by Crippen LogP contribution is 2.29. The minimum Gasteiger partial charge on any atom is -0.507 e. The first kappa shape index (κ1) is 22.1. The van der Waals surface area contributed by atoms with Gasteiger partial charge in [0, 0.05) is 30.9 Å². The van der Waals surface area contributed by atoms with E-state index in [0.717, 1.165) is 11.3 Å². The van der Waals surface area contributed by atoms with E-state index in [0.29, 0.717) is 47.6 Å². The molecular weight excluding hydrogens is 449 g/mol. The second kappa shape index (κ2) is 9.19. The quantitative estimate of drug-likeness (QED) is 0.218. The Balaban J connectivity index is 1.40. The van der Waals surface area contributed by atoms with Crippen molar-refractivity contribution in [2.24, 2.45) is 0 Å². The van der Waals surface area contributed by atoms with Crippen molar-refractivity contribution in [1.82, 2.24) is 19.3 Å². The molecule has 0 saturated carbocycles. The summed E-state index contributed by atoms with van der Waals surface area (Å²) in [4.78, 5) is 4.52. The topological polar surface area (TPSA) is 129 Å². The van der Waals surface area contributed by atoms with Crippen molar-refractivity contribution in [3.05, 3.63) is 48.7 Å². The molecule has 2 radical (unpaired) electrons. The summed E-state index contributed by atoms with van der Waals surface area (Å²) in [5.41, 5.74) is 2.02. The molecule has 0 aliphatic heterocycles. The Hall–Kier alpha value is -3.09. The Morgan fingerprint density at radius 1 is 1.09 bits per heavy atom. The maximum Gasteiger partial charge on any atom is 0.250 e. The molecule has 9 nitrogen and oxygen atoms in total. The molecule has 0 spiro atoms. The fraction of sp³-hybridized carbons (Fsp3) is 0.200. The highest BCUT2D eigenvalue weighted by atomic mass is 32.2. The molecule has 3 heterocycles. The monoisotopic (exact) mass is 469 g/mol. The van der Waals surface area contributed by atoms with Gasteiger partial charge in [0.25, 0.3) is 0 Å². The lowest BCUT2D eigenvalue weighted by molar-refractivity contribution is 0.477. The highest BCUT2D eigenvalue weighted by molar-refractivity contribution is 7.91. The Kier molecular flexibility index (Phi) is 6.35. The molecular formula is C20H20BN5O4S2. The Labute approximate surface area is 190 Å². The number of hydrogen-bond donors (Lipinski definition) is 4. The molecule has 0 unspecified atom stereocenters. The third kappa shape index (κ3) is 4.72. The number of aromatic nitrogens is 3. The average molecular weight is 469 g/mol. The van der Waals surface area contributed by atoms with Crippen molar-refractivity contribution in [1.29, 1.82) is 0 Å². The fourth-order valence-corrected chi connectivity index (χ4v) is 5.29. The Morgan fingerprint density at radius 3 is 2.62 bits per heavy atom. The van der Waals surface area contributed by atoms with Crippen LogP contribution in [0.25, 0.3) is 16.9 Å². The number of sulfonamides is 1. The summed E-state index contributed by atoms with van der Waals surface area (Å²) < 4.78 is 28.5. The van der Waals surface area contributed by atoms with E-state index in [1.165, 1.54) is 18.3 Å². The van der Waals surface area contributed by atoms with E-state index >= 15 is 0 Å². The summed E-state index contributed by atoms with van der Waals surface area (Å²) in [6.07, 6.45) is 2.80. The molecule has 4 rings (SSSR count). The maximum atomic E-state index is 12.2. The molecule has 0 amide bonds. The van der Waals surface area contributed by atoms with Gasteiger partial charge in [0.15, 0.2) is 10.7 Å². The predicted molar refractivity (Wildman–Crippen MR) is 124 cm³/mol. The SMILES string of the molecule is [B]c1cnn2c(NCCCCNS(=O)(=O)c3ccc(O)s3)cc(-c3ccccc3O)nc12. The van der Waals surface area contributed by atoms with Crippen LogP contribution in [0.5, 0.6) is 10.8 Å². The van der Waals surface area contributed by atoms with Gasteiger partial charge in [-0.05, 0) is 42.6 Å². The van der Waals surface area contributed by atoms with Crippen molar-refractivity contribution in [3.63, 3.8) is 0 Å². The van der Waals surface area contributed by atoms with Crippen LogP contribution in [-0.4, -0.2) is 54.2 Å². The molecule has 12 heteroatoms. The molecule has 32 heavy (non-hydrogen) atoms. The van der Waals surface area contributed by atoms with Crippen LogP contribution in [0.4, 0.5) is 5.82 Å². The summed E-state index contributed by atoms with van der Waals surface area (Å²) in [7, 11) is 2.38. The number of benzene rings is 1. The molecule has 0 bridgehead atoms. The van der Waals surface area contributed by atoms with E-state index in [-0.39, 0.29) is 21.6 Å². The number of hydrogen-bond acceptors (Lipinski definition) is 8. The lowest BCUT2D eigenvalue weighted by atomic mass is 10.0. The molecule has 0 aliphatic rings.